The van der Waals surface area contributed by atoms with Gasteiger partial charge in [-0.3, -0.25) is 0 Å². The molecule has 0 amide bonds. The molecule has 0 aliphatic rings. The molecule has 6 heteroatoms. The molecule has 0 bridgehead atoms. The monoisotopic (exact) mass is 610 g/mol. The van der Waals surface area contributed by atoms with Crippen molar-refractivity contribution in [3.8, 4) is 33.9 Å². The predicted octanol–water partition coefficient (Wildman–Crippen LogP) is 9.58. The Morgan fingerprint density at radius 3 is 1.11 bits per heavy atom. The van der Waals surface area contributed by atoms with Crippen molar-refractivity contribution in [1.82, 2.24) is 9.13 Å². The summed E-state index contributed by atoms with van der Waals surface area (Å²) in [6.45, 7) is 8.77. The second-order valence-electron chi connectivity index (χ2n) is 12.1. The summed E-state index contributed by atoms with van der Waals surface area (Å²) >= 11 is 0. The minimum Gasteiger partial charge on any atom is -0.465 e. The summed E-state index contributed by atoms with van der Waals surface area (Å²) in [7, 11) is 2.78. The van der Waals surface area contributed by atoms with Gasteiger partial charge in [-0.1, -0.05) is 76.2 Å². The van der Waals surface area contributed by atoms with Gasteiger partial charge in [0.2, 0.25) is 0 Å². The molecule has 0 radical (unpaired) electrons. The third-order valence-corrected chi connectivity index (χ3v) is 8.61. The van der Waals surface area contributed by atoms with Gasteiger partial charge < -0.3 is 18.6 Å². The number of carbonyl (C=O) groups excluding carboxylic acids is 2. The first-order valence-corrected chi connectivity index (χ1v) is 15.6. The first kappa shape index (κ1) is 30.7. The van der Waals surface area contributed by atoms with Crippen LogP contribution in [0.3, 0.4) is 0 Å². The Balaban J connectivity index is 1.62. The fraction of sp³-hybridized carbons (Fsp3) is 0.200. The largest absolute Gasteiger partial charge is 0.465 e. The molecule has 0 aliphatic carbocycles. The van der Waals surface area contributed by atoms with Crippen molar-refractivity contribution in [3.63, 3.8) is 0 Å². The number of hydrogen-bond acceptors (Lipinski definition) is 4. The van der Waals surface area contributed by atoms with E-state index in [0.717, 1.165) is 44.9 Å². The highest BCUT2D eigenvalue weighted by atomic mass is 16.5. The zero-order valence-electron chi connectivity index (χ0n) is 27.1. The van der Waals surface area contributed by atoms with E-state index in [1.807, 2.05) is 24.3 Å². The molecule has 2 heterocycles. The fourth-order valence-electron chi connectivity index (χ4n) is 5.94. The van der Waals surface area contributed by atoms with Crippen LogP contribution in [0.5, 0.6) is 0 Å². The van der Waals surface area contributed by atoms with E-state index < -0.39 is 0 Å². The molecule has 6 rings (SSSR count). The summed E-state index contributed by atoms with van der Waals surface area (Å²) in [4.78, 5) is 24.5. The van der Waals surface area contributed by atoms with Crippen molar-refractivity contribution in [2.45, 2.75) is 39.5 Å². The summed E-state index contributed by atoms with van der Waals surface area (Å²) in [6, 6.07) is 36.9. The van der Waals surface area contributed by atoms with E-state index >= 15 is 0 Å². The molecule has 0 aliphatic heterocycles. The van der Waals surface area contributed by atoms with Gasteiger partial charge in [-0.25, -0.2) is 9.59 Å². The van der Waals surface area contributed by atoms with E-state index in [0.29, 0.717) is 23.0 Å². The molecule has 2 aromatic heterocycles. The number of hydrogen-bond donors (Lipinski definition) is 0. The Kier molecular flexibility index (Phi) is 8.37. The number of methoxy groups -OCH3 is 2. The normalized spacial score (nSPS) is 11.4. The van der Waals surface area contributed by atoms with Crippen molar-refractivity contribution < 1.29 is 19.1 Å². The minimum atomic E-state index is -0.373. The van der Waals surface area contributed by atoms with Gasteiger partial charge in [0.05, 0.1) is 47.8 Å². The summed E-state index contributed by atoms with van der Waals surface area (Å²) in [6.07, 6.45) is 0. The second kappa shape index (κ2) is 12.6. The lowest BCUT2D eigenvalue weighted by atomic mass is 10.0. The van der Waals surface area contributed by atoms with Crippen molar-refractivity contribution in [1.29, 1.82) is 0 Å². The molecule has 46 heavy (non-hydrogen) atoms. The van der Waals surface area contributed by atoms with E-state index in [1.54, 1.807) is 24.3 Å². The van der Waals surface area contributed by atoms with Crippen molar-refractivity contribution in [2.24, 2.45) is 0 Å². The average Bonchev–Trinajstić information content (AvgIpc) is 3.64. The van der Waals surface area contributed by atoms with Gasteiger partial charge in [-0.15, -0.1) is 0 Å². The molecular formula is C40H38N2O4. The number of carbonyl (C=O) groups is 2. The third-order valence-electron chi connectivity index (χ3n) is 8.61. The molecule has 232 valence electrons. The molecule has 0 saturated carbocycles. The molecular weight excluding hydrogens is 572 g/mol. The first-order chi connectivity index (χ1) is 22.2. The van der Waals surface area contributed by atoms with Gasteiger partial charge in [-0.2, -0.15) is 0 Å². The molecule has 0 atom stereocenters. The molecule has 0 spiro atoms. The Labute approximate surface area is 269 Å². The number of esters is 2. The Morgan fingerprint density at radius 2 is 0.826 bits per heavy atom. The van der Waals surface area contributed by atoms with Crippen LogP contribution in [0.1, 0.15) is 71.4 Å². The molecule has 6 nitrogen and oxygen atoms in total. The number of nitrogens with zero attached hydrogens (tertiary/aromatic N) is 2. The smallest absolute Gasteiger partial charge is 0.337 e. The van der Waals surface area contributed by atoms with E-state index in [-0.39, 0.29) is 11.9 Å². The number of ether oxygens (including phenoxy) is 2. The molecule has 0 N–H and O–H groups in total. The van der Waals surface area contributed by atoms with Gasteiger partial charge in [0.15, 0.2) is 0 Å². The highest BCUT2D eigenvalue weighted by Crippen LogP contribution is 2.39. The minimum absolute atomic E-state index is 0.373. The van der Waals surface area contributed by atoms with Crippen LogP contribution in [0, 0.1) is 0 Å². The van der Waals surface area contributed by atoms with Crippen molar-refractivity contribution in [3.05, 3.63) is 131 Å². The molecule has 0 fully saturated rings. The maximum Gasteiger partial charge on any atom is 0.337 e. The Morgan fingerprint density at radius 1 is 0.500 bits per heavy atom. The van der Waals surface area contributed by atoms with Gasteiger partial charge in [0, 0.05) is 11.4 Å². The van der Waals surface area contributed by atoms with Crippen molar-refractivity contribution in [2.75, 3.05) is 14.2 Å². The number of rotatable bonds is 8. The molecule has 4 aromatic carbocycles. The van der Waals surface area contributed by atoms with Crippen LogP contribution in [0.15, 0.2) is 109 Å². The van der Waals surface area contributed by atoms with Crippen LogP contribution >= 0.6 is 0 Å². The lowest BCUT2D eigenvalue weighted by Gasteiger charge is -2.14. The van der Waals surface area contributed by atoms with Crippen LogP contribution in [-0.2, 0) is 9.47 Å². The SMILES string of the molecule is COC(=O)c1ccc(-n2c(-c3ccc(C(C)C)cc3)cc3c2cc(-c2ccc(C(C)C)cc2)n3-c2ccc(C(=O)OC)cc2)cc1. The second-order valence-corrected chi connectivity index (χ2v) is 12.1. The maximum atomic E-state index is 12.3. The van der Waals surface area contributed by atoms with Crippen LogP contribution in [0.2, 0.25) is 0 Å². The molecule has 0 unspecified atom stereocenters. The highest BCUT2D eigenvalue weighted by Gasteiger charge is 2.22. The van der Waals surface area contributed by atoms with Crippen LogP contribution < -0.4 is 0 Å². The van der Waals surface area contributed by atoms with E-state index in [2.05, 4.69) is 97.5 Å². The number of benzene rings is 4. The quantitative estimate of drug-likeness (QED) is 0.161. The number of aromatic nitrogens is 2. The van der Waals surface area contributed by atoms with Crippen LogP contribution in [0.25, 0.3) is 44.9 Å². The Bertz CT molecular complexity index is 1860. The topological polar surface area (TPSA) is 62.5 Å². The lowest BCUT2D eigenvalue weighted by molar-refractivity contribution is 0.0592. The van der Waals surface area contributed by atoms with Crippen molar-refractivity contribution >= 4 is 23.0 Å². The first-order valence-electron chi connectivity index (χ1n) is 15.6. The zero-order valence-corrected chi connectivity index (χ0v) is 27.1. The van der Waals surface area contributed by atoms with E-state index in [4.69, 9.17) is 9.47 Å². The zero-order chi connectivity index (χ0) is 32.5. The summed E-state index contributed by atoms with van der Waals surface area (Å²) in [5.74, 6) is 0.102. The van der Waals surface area contributed by atoms with Gasteiger partial charge in [0.1, 0.15) is 0 Å². The lowest BCUT2D eigenvalue weighted by Crippen LogP contribution is -2.02. The predicted molar refractivity (Wildman–Crippen MR) is 184 cm³/mol. The third kappa shape index (κ3) is 5.63. The summed E-state index contributed by atoms with van der Waals surface area (Å²) in [5, 5.41) is 0. The highest BCUT2D eigenvalue weighted by molar-refractivity contribution is 5.95. The number of fused-ring (bicyclic) bond motifs is 1. The van der Waals surface area contributed by atoms with Crippen LogP contribution in [-0.4, -0.2) is 35.3 Å². The van der Waals surface area contributed by atoms with E-state index in [9.17, 15) is 9.59 Å². The molecule has 6 aromatic rings. The van der Waals surface area contributed by atoms with Gasteiger partial charge >= 0.3 is 11.9 Å². The standard InChI is InChI=1S/C40H38N2O4/c1-25(2)27-7-11-29(12-8-27)35-23-37-38(41(35)33-19-15-31(16-20-33)39(43)45-5)24-36(30-13-9-28(10-14-30)26(3)4)42(37)34-21-17-32(18-22-34)40(44)46-6/h7-26H,1-6H3. The van der Waals surface area contributed by atoms with Gasteiger partial charge in [0.25, 0.3) is 0 Å². The van der Waals surface area contributed by atoms with Crippen LogP contribution in [0.4, 0.5) is 0 Å². The van der Waals surface area contributed by atoms with E-state index in [1.165, 1.54) is 25.3 Å². The average molecular weight is 611 g/mol. The summed E-state index contributed by atoms with van der Waals surface area (Å²) in [5.41, 5.74) is 11.6. The fourth-order valence-corrected chi connectivity index (χ4v) is 5.94. The molecule has 0 saturated heterocycles. The maximum absolute atomic E-state index is 12.3. The van der Waals surface area contributed by atoms with Gasteiger partial charge in [-0.05, 0) is 94.8 Å². The summed E-state index contributed by atoms with van der Waals surface area (Å²) < 4.78 is 14.4. The Hall–Kier alpha value is -5.36.